The first kappa shape index (κ1) is 12.8. The van der Waals surface area contributed by atoms with E-state index in [4.69, 9.17) is 0 Å². The summed E-state index contributed by atoms with van der Waals surface area (Å²) in [5.41, 5.74) is 3.36. The van der Waals surface area contributed by atoms with Gasteiger partial charge < -0.3 is 0 Å². The Hall–Kier alpha value is -1.63. The molecule has 1 heteroatoms. The van der Waals surface area contributed by atoms with Gasteiger partial charge in [0.05, 0.1) is 0 Å². The lowest BCUT2D eigenvalue weighted by Gasteiger charge is -2.21. The zero-order chi connectivity index (χ0) is 13.3. The average molecular weight is 242 g/mol. The molecule has 94 valence electrons. The van der Waals surface area contributed by atoms with E-state index in [1.165, 1.54) is 0 Å². The molecule has 0 spiro atoms. The SMILES string of the molecule is Cc1cccc(-c2cccc(C(C)(C)C)c2F)c1. The van der Waals surface area contributed by atoms with Gasteiger partial charge in [-0.15, -0.1) is 0 Å². The number of rotatable bonds is 1. The number of benzene rings is 2. The Kier molecular flexibility index (Phi) is 3.25. The van der Waals surface area contributed by atoms with Crippen molar-refractivity contribution in [1.82, 2.24) is 0 Å². The molecular formula is C17H19F. The second kappa shape index (κ2) is 4.56. The Morgan fingerprint density at radius 1 is 0.944 bits per heavy atom. The fourth-order valence-corrected chi connectivity index (χ4v) is 2.15. The molecule has 18 heavy (non-hydrogen) atoms. The second-order valence-corrected chi connectivity index (χ2v) is 5.79. The van der Waals surface area contributed by atoms with E-state index in [0.29, 0.717) is 5.56 Å². The van der Waals surface area contributed by atoms with Crippen LogP contribution in [0, 0.1) is 12.7 Å². The Labute approximate surface area is 108 Å². The summed E-state index contributed by atoms with van der Waals surface area (Å²) < 4.78 is 14.6. The van der Waals surface area contributed by atoms with Gasteiger partial charge >= 0.3 is 0 Å². The molecule has 0 N–H and O–H groups in total. The van der Waals surface area contributed by atoms with E-state index in [1.807, 2.05) is 70.2 Å². The van der Waals surface area contributed by atoms with E-state index in [0.717, 1.165) is 16.7 Å². The summed E-state index contributed by atoms with van der Waals surface area (Å²) in [5, 5.41) is 0. The van der Waals surface area contributed by atoms with Gasteiger partial charge in [0.2, 0.25) is 0 Å². The minimum Gasteiger partial charge on any atom is -0.206 e. The van der Waals surface area contributed by atoms with Crippen molar-refractivity contribution >= 4 is 0 Å². The highest BCUT2D eigenvalue weighted by atomic mass is 19.1. The standard InChI is InChI=1S/C17H19F/c1-12-7-5-8-13(11-12)14-9-6-10-15(16(14)18)17(2,3)4/h5-11H,1-4H3. The second-order valence-electron chi connectivity index (χ2n) is 5.79. The van der Waals surface area contributed by atoms with Crippen molar-refractivity contribution in [2.24, 2.45) is 0 Å². The highest BCUT2D eigenvalue weighted by Crippen LogP contribution is 2.31. The largest absolute Gasteiger partial charge is 0.206 e. The minimum atomic E-state index is -0.177. The van der Waals surface area contributed by atoms with E-state index in [1.54, 1.807) is 0 Å². The van der Waals surface area contributed by atoms with Crippen molar-refractivity contribution in [3.05, 3.63) is 59.4 Å². The van der Waals surface area contributed by atoms with Crippen molar-refractivity contribution < 1.29 is 4.39 Å². The van der Waals surface area contributed by atoms with Crippen molar-refractivity contribution in [3.63, 3.8) is 0 Å². The van der Waals surface area contributed by atoms with Gasteiger partial charge in [-0.05, 0) is 23.5 Å². The summed E-state index contributed by atoms with van der Waals surface area (Å²) >= 11 is 0. The van der Waals surface area contributed by atoms with E-state index >= 15 is 0 Å². The maximum absolute atomic E-state index is 14.6. The minimum absolute atomic E-state index is 0.101. The third kappa shape index (κ3) is 2.45. The first-order valence-electron chi connectivity index (χ1n) is 6.25. The monoisotopic (exact) mass is 242 g/mol. The Bertz CT molecular complexity index is 562. The zero-order valence-corrected chi connectivity index (χ0v) is 11.4. The van der Waals surface area contributed by atoms with Crippen LogP contribution in [0.15, 0.2) is 42.5 Å². The molecule has 0 bridgehead atoms. The third-order valence-electron chi connectivity index (χ3n) is 3.14. The summed E-state index contributed by atoms with van der Waals surface area (Å²) in [4.78, 5) is 0. The molecular weight excluding hydrogens is 223 g/mol. The number of hydrogen-bond acceptors (Lipinski definition) is 0. The molecule has 0 amide bonds. The molecule has 0 saturated heterocycles. The fourth-order valence-electron chi connectivity index (χ4n) is 2.15. The fraction of sp³-hybridized carbons (Fsp3) is 0.294. The lowest BCUT2D eigenvalue weighted by molar-refractivity contribution is 0.525. The number of halogens is 1. The highest BCUT2D eigenvalue weighted by molar-refractivity contribution is 5.66. The van der Waals surface area contributed by atoms with Gasteiger partial charge in [-0.3, -0.25) is 0 Å². The average Bonchev–Trinajstić information content (AvgIpc) is 2.27. The van der Waals surface area contributed by atoms with Gasteiger partial charge in [0.25, 0.3) is 0 Å². The normalized spacial score (nSPS) is 11.6. The van der Waals surface area contributed by atoms with Crippen molar-refractivity contribution in [3.8, 4) is 11.1 Å². The van der Waals surface area contributed by atoms with Gasteiger partial charge in [0.1, 0.15) is 5.82 Å². The van der Waals surface area contributed by atoms with Gasteiger partial charge in [-0.1, -0.05) is 68.8 Å². The Morgan fingerprint density at radius 3 is 2.22 bits per heavy atom. The van der Waals surface area contributed by atoms with Crippen molar-refractivity contribution in [1.29, 1.82) is 0 Å². The van der Waals surface area contributed by atoms with Crippen molar-refractivity contribution in [2.75, 3.05) is 0 Å². The number of aryl methyl sites for hydroxylation is 1. The predicted molar refractivity (Wildman–Crippen MR) is 75.3 cm³/mol. The quantitative estimate of drug-likeness (QED) is 0.652. The van der Waals surface area contributed by atoms with E-state index in [-0.39, 0.29) is 11.2 Å². The van der Waals surface area contributed by atoms with Crippen LogP contribution in [0.5, 0.6) is 0 Å². The van der Waals surface area contributed by atoms with Crippen molar-refractivity contribution in [2.45, 2.75) is 33.1 Å². The lowest BCUT2D eigenvalue weighted by Crippen LogP contribution is -2.14. The van der Waals surface area contributed by atoms with E-state index in [2.05, 4.69) is 0 Å². The van der Waals surface area contributed by atoms with Gasteiger partial charge in [-0.2, -0.15) is 0 Å². The molecule has 0 aromatic heterocycles. The first-order valence-corrected chi connectivity index (χ1v) is 6.25. The van der Waals surface area contributed by atoms with Crippen LogP contribution >= 0.6 is 0 Å². The maximum Gasteiger partial charge on any atom is 0.134 e. The molecule has 0 atom stereocenters. The topological polar surface area (TPSA) is 0 Å². The third-order valence-corrected chi connectivity index (χ3v) is 3.14. The van der Waals surface area contributed by atoms with Crippen LogP contribution in [0.3, 0.4) is 0 Å². The van der Waals surface area contributed by atoms with Crippen LogP contribution in [0.2, 0.25) is 0 Å². The molecule has 0 saturated carbocycles. The molecule has 2 aromatic carbocycles. The molecule has 2 rings (SSSR count). The van der Waals surface area contributed by atoms with Gasteiger partial charge in [-0.25, -0.2) is 4.39 Å². The first-order chi connectivity index (χ1) is 8.39. The molecule has 0 radical (unpaired) electrons. The summed E-state index contributed by atoms with van der Waals surface area (Å²) in [7, 11) is 0. The molecule has 0 aliphatic rings. The van der Waals surface area contributed by atoms with Crippen LogP contribution in [0.4, 0.5) is 4.39 Å². The summed E-state index contributed by atoms with van der Waals surface area (Å²) in [6.07, 6.45) is 0. The van der Waals surface area contributed by atoms with Gasteiger partial charge in [0.15, 0.2) is 0 Å². The molecule has 2 aromatic rings. The molecule has 0 unspecified atom stereocenters. The van der Waals surface area contributed by atoms with Crippen LogP contribution in [-0.4, -0.2) is 0 Å². The maximum atomic E-state index is 14.6. The van der Waals surface area contributed by atoms with E-state index < -0.39 is 0 Å². The predicted octanol–water partition coefficient (Wildman–Crippen LogP) is 5.10. The molecule has 0 heterocycles. The Balaban J connectivity index is 2.60. The van der Waals surface area contributed by atoms with Gasteiger partial charge in [0, 0.05) is 5.56 Å². The van der Waals surface area contributed by atoms with Crippen LogP contribution < -0.4 is 0 Å². The highest BCUT2D eigenvalue weighted by Gasteiger charge is 2.20. The van der Waals surface area contributed by atoms with Crippen LogP contribution in [-0.2, 0) is 5.41 Å². The zero-order valence-electron chi connectivity index (χ0n) is 11.4. The molecule has 0 fully saturated rings. The number of hydrogen-bond donors (Lipinski definition) is 0. The summed E-state index contributed by atoms with van der Waals surface area (Å²) in [6, 6.07) is 13.6. The van der Waals surface area contributed by atoms with E-state index in [9.17, 15) is 4.39 Å². The van der Waals surface area contributed by atoms with Crippen LogP contribution in [0.1, 0.15) is 31.9 Å². The van der Waals surface area contributed by atoms with Crippen LogP contribution in [0.25, 0.3) is 11.1 Å². The Morgan fingerprint density at radius 2 is 1.61 bits per heavy atom. The summed E-state index contributed by atoms with van der Waals surface area (Å²) in [6.45, 7) is 8.12. The molecule has 0 nitrogen and oxygen atoms in total. The molecule has 0 aliphatic carbocycles. The molecule has 0 aliphatic heterocycles. The summed E-state index contributed by atoms with van der Waals surface area (Å²) in [5.74, 6) is -0.101. The lowest BCUT2D eigenvalue weighted by atomic mass is 9.84. The smallest absolute Gasteiger partial charge is 0.134 e.